The predicted octanol–water partition coefficient (Wildman–Crippen LogP) is -0.442. The van der Waals surface area contributed by atoms with Gasteiger partial charge in [0.15, 0.2) is 0 Å². The Morgan fingerprint density at radius 2 is 1.10 bits per heavy atom. The van der Waals surface area contributed by atoms with Gasteiger partial charge in [0.1, 0.15) is 0 Å². The monoisotopic (exact) mass is 214 g/mol. The summed E-state index contributed by atoms with van der Waals surface area (Å²) >= 11 is 0. The van der Waals surface area contributed by atoms with Crippen molar-refractivity contribution in [1.82, 2.24) is 0 Å². The van der Waals surface area contributed by atoms with Gasteiger partial charge in [-0.25, -0.2) is 0 Å². The predicted molar refractivity (Wildman–Crippen MR) is 42.4 cm³/mol. The van der Waals surface area contributed by atoms with Crippen LogP contribution < -0.4 is 17.0 Å². The van der Waals surface area contributed by atoms with Crippen LogP contribution in [0.25, 0.3) is 0 Å². The van der Waals surface area contributed by atoms with Crippen molar-refractivity contribution in [2.75, 3.05) is 0 Å². The Kier molecular flexibility index (Phi) is 14.2. The molecule has 0 aromatic heterocycles. The van der Waals surface area contributed by atoms with Crippen LogP contribution in [0.4, 0.5) is 0 Å². The van der Waals surface area contributed by atoms with Crippen molar-refractivity contribution in [1.29, 1.82) is 0 Å². The van der Waals surface area contributed by atoms with Gasteiger partial charge in [-0.1, -0.05) is 32.1 Å². The van der Waals surface area contributed by atoms with Gasteiger partial charge < -0.3 is 23.4 Å². The summed E-state index contributed by atoms with van der Waals surface area (Å²) in [5.41, 5.74) is 0. The summed E-state index contributed by atoms with van der Waals surface area (Å²) in [6, 6.07) is 0. The van der Waals surface area contributed by atoms with Crippen LogP contribution in [0.3, 0.4) is 0 Å². The van der Waals surface area contributed by atoms with Crippen molar-refractivity contribution in [2.45, 2.75) is 44.9 Å². The fourth-order valence-corrected chi connectivity index (χ4v) is 1.25. The zero-order chi connectivity index (χ0) is 5.66. The molecule has 0 amide bonds. The summed E-state index contributed by atoms with van der Waals surface area (Å²) in [6.07, 6.45) is 12.5. The van der Waals surface area contributed by atoms with Crippen molar-refractivity contribution < 1.29 is 17.0 Å². The van der Waals surface area contributed by atoms with Crippen LogP contribution in [-0.4, -0.2) is 23.1 Å². The van der Waals surface area contributed by atoms with Gasteiger partial charge in [0.2, 0.25) is 0 Å². The third kappa shape index (κ3) is 7.35. The molecule has 0 heterocycles. The number of halogens is 1. The largest absolute Gasteiger partial charge is 2.00 e. The topological polar surface area (TPSA) is 0 Å². The first-order valence-corrected chi connectivity index (χ1v) is 3.82. The first-order valence-electron chi connectivity index (χ1n) is 3.82. The molecule has 1 aliphatic rings. The van der Waals surface area contributed by atoms with E-state index < -0.39 is 0 Å². The maximum absolute atomic E-state index is 2.44. The van der Waals surface area contributed by atoms with Gasteiger partial charge in [-0.2, -0.15) is 12.8 Å². The van der Waals surface area contributed by atoms with E-state index in [0.29, 0.717) is 0 Å². The van der Waals surface area contributed by atoms with Gasteiger partial charge in [-0.3, -0.25) is 0 Å². The molecule has 0 N–H and O–H groups in total. The van der Waals surface area contributed by atoms with E-state index in [2.05, 4.69) is 6.42 Å². The second-order valence-electron chi connectivity index (χ2n) is 2.63. The first kappa shape index (κ1) is 13.8. The minimum absolute atomic E-state index is 0. The van der Waals surface area contributed by atoms with Gasteiger partial charge in [0.25, 0.3) is 0 Å². The Balaban J connectivity index is 0. The normalized spacial score (nSPS) is 19.2. The Morgan fingerprint density at radius 3 is 1.60 bits per heavy atom. The molecule has 0 bridgehead atoms. The Hall–Kier alpha value is 1.25. The van der Waals surface area contributed by atoms with Crippen LogP contribution in [0.2, 0.25) is 0 Å². The van der Waals surface area contributed by atoms with Crippen LogP contribution >= 0.6 is 0 Å². The molecule has 0 atom stereocenters. The molecule has 10 heavy (non-hydrogen) atoms. The first-order chi connectivity index (χ1) is 4.00. The van der Waals surface area contributed by atoms with Crippen molar-refractivity contribution in [3.8, 4) is 0 Å². The van der Waals surface area contributed by atoms with E-state index in [1.54, 1.807) is 0 Å². The second-order valence-corrected chi connectivity index (χ2v) is 2.63. The molecular formula is C8H15BrMg. The molecule has 1 saturated carbocycles. The molecule has 0 spiro atoms. The number of hydrogen-bond donors (Lipinski definition) is 0. The molecule has 0 radical (unpaired) electrons. The van der Waals surface area contributed by atoms with Gasteiger partial charge in [-0.05, 0) is 0 Å². The van der Waals surface area contributed by atoms with Crippen molar-refractivity contribution in [2.24, 2.45) is 0 Å². The van der Waals surface area contributed by atoms with Gasteiger partial charge >= 0.3 is 23.1 Å². The van der Waals surface area contributed by atoms with E-state index in [1.165, 1.54) is 44.9 Å². The Morgan fingerprint density at radius 1 is 0.700 bits per heavy atom. The van der Waals surface area contributed by atoms with Crippen molar-refractivity contribution in [3.05, 3.63) is 6.42 Å². The van der Waals surface area contributed by atoms with Crippen LogP contribution in [0.1, 0.15) is 44.9 Å². The van der Waals surface area contributed by atoms with E-state index in [-0.39, 0.29) is 40.0 Å². The summed E-state index contributed by atoms with van der Waals surface area (Å²) in [4.78, 5) is 0. The van der Waals surface area contributed by atoms with E-state index in [9.17, 15) is 0 Å². The molecule has 1 rings (SSSR count). The van der Waals surface area contributed by atoms with E-state index in [4.69, 9.17) is 0 Å². The summed E-state index contributed by atoms with van der Waals surface area (Å²) in [5.74, 6) is 0. The molecule has 0 nitrogen and oxygen atoms in total. The number of hydrogen-bond acceptors (Lipinski definition) is 0. The van der Waals surface area contributed by atoms with E-state index in [1.807, 2.05) is 0 Å². The van der Waals surface area contributed by atoms with Crippen molar-refractivity contribution in [3.63, 3.8) is 0 Å². The molecule has 1 fully saturated rings. The third-order valence-corrected chi connectivity index (χ3v) is 1.82. The fraction of sp³-hybridized carbons (Fsp3) is 0.875. The summed E-state index contributed by atoms with van der Waals surface area (Å²) in [5, 5.41) is 0. The van der Waals surface area contributed by atoms with Crippen LogP contribution in [0.5, 0.6) is 0 Å². The third-order valence-electron chi connectivity index (χ3n) is 1.82. The smallest absolute Gasteiger partial charge is 1.00 e. The number of rotatable bonds is 0. The standard InChI is InChI=1S/C8H15.BrH.Mg/c1-2-4-6-8-7-5-3-1;;/h1H,2-8H2;1H;/q-1;;+2/p-1. The minimum Gasteiger partial charge on any atom is -1.00 e. The van der Waals surface area contributed by atoms with Crippen LogP contribution in [0.15, 0.2) is 0 Å². The second kappa shape index (κ2) is 10.2. The quantitative estimate of drug-likeness (QED) is 0.380. The Bertz CT molecular complexity index is 33.2. The molecule has 0 aromatic carbocycles. The molecule has 0 unspecified atom stereocenters. The van der Waals surface area contributed by atoms with Crippen molar-refractivity contribution >= 4 is 23.1 Å². The molecule has 0 aliphatic heterocycles. The van der Waals surface area contributed by atoms with Gasteiger partial charge in [0, 0.05) is 0 Å². The maximum Gasteiger partial charge on any atom is 2.00 e. The van der Waals surface area contributed by atoms with E-state index >= 15 is 0 Å². The van der Waals surface area contributed by atoms with E-state index in [0.717, 1.165) is 0 Å². The molecule has 0 aromatic rings. The summed E-state index contributed by atoms with van der Waals surface area (Å²) in [7, 11) is 0. The van der Waals surface area contributed by atoms with Gasteiger partial charge in [0.05, 0.1) is 0 Å². The SMILES string of the molecule is [Br-].[CH-]1CCCCCCC1.[Mg+2]. The van der Waals surface area contributed by atoms with Crippen LogP contribution in [-0.2, 0) is 0 Å². The molecule has 1 aliphatic carbocycles. The molecule has 2 heteroatoms. The van der Waals surface area contributed by atoms with Gasteiger partial charge in [-0.15, -0.1) is 0 Å². The zero-order valence-electron chi connectivity index (χ0n) is 6.61. The molecule has 56 valence electrons. The summed E-state index contributed by atoms with van der Waals surface area (Å²) in [6.45, 7) is 0. The summed E-state index contributed by atoms with van der Waals surface area (Å²) < 4.78 is 0. The zero-order valence-corrected chi connectivity index (χ0v) is 9.61. The minimum atomic E-state index is 0. The maximum atomic E-state index is 2.44. The Labute approximate surface area is 91.1 Å². The average molecular weight is 215 g/mol. The molecular weight excluding hydrogens is 200 g/mol. The fourth-order valence-electron chi connectivity index (χ4n) is 1.25. The average Bonchev–Trinajstić information content (AvgIpc) is 1.62. The molecule has 0 saturated heterocycles. The van der Waals surface area contributed by atoms with Crippen LogP contribution in [0, 0.1) is 6.42 Å².